The maximum absolute atomic E-state index is 13.1. The maximum Gasteiger partial charge on any atom is 0.410 e. The Bertz CT molecular complexity index is 1890. The van der Waals surface area contributed by atoms with Crippen molar-refractivity contribution in [2.45, 2.75) is 129 Å². The number of carbonyl (C=O) groups is 2. The van der Waals surface area contributed by atoms with E-state index < -0.39 is 11.2 Å². The number of carbonyl (C=O) groups excluding carboxylic acids is 2. The van der Waals surface area contributed by atoms with Gasteiger partial charge in [0.1, 0.15) is 23.5 Å². The molecular weight excluding hydrogens is 654 g/mol. The molecule has 4 aliphatic rings. The van der Waals surface area contributed by atoms with Gasteiger partial charge in [-0.15, -0.1) is 0 Å². The predicted molar refractivity (Wildman–Crippen MR) is 205 cm³/mol. The second-order valence-corrected chi connectivity index (χ2v) is 16.7. The van der Waals surface area contributed by atoms with Crippen molar-refractivity contribution in [3.8, 4) is 11.1 Å². The zero-order valence-corrected chi connectivity index (χ0v) is 31.8. The Kier molecular flexibility index (Phi) is 9.63. The maximum atomic E-state index is 13.1. The first kappa shape index (κ1) is 36.0. The van der Waals surface area contributed by atoms with Gasteiger partial charge in [0, 0.05) is 30.6 Å². The number of nitrogens with one attached hydrogen (secondary N) is 2. The van der Waals surface area contributed by atoms with Gasteiger partial charge in [-0.1, -0.05) is 36.4 Å². The Labute approximate surface area is 307 Å². The standard InChI is InChI=1S/C41H53N7O4/c1-24-9-19-34(47(24)38(49)51-40(3,4)5)36-42-22-32(45-36)27-13-11-26(12-14-27)28-15-17-30-29(21-28)16-18-31(44-30)33-23-43-37(46-33)35-20-10-25(2)48(35)39(50)52-41(6,7)8/h11-18,21,24-25,34-37,42-43H,9-10,19-20,22-23H2,1-8H3. The van der Waals surface area contributed by atoms with Crippen LogP contribution in [0.2, 0.25) is 0 Å². The highest BCUT2D eigenvalue weighted by atomic mass is 16.6. The molecule has 52 heavy (non-hydrogen) atoms. The van der Waals surface area contributed by atoms with Gasteiger partial charge in [0.25, 0.3) is 0 Å². The highest BCUT2D eigenvalue weighted by molar-refractivity contribution is 6.04. The molecule has 0 spiro atoms. The zero-order valence-electron chi connectivity index (χ0n) is 31.8. The third-order valence-corrected chi connectivity index (χ3v) is 10.4. The number of ether oxygens (including phenoxy) is 2. The summed E-state index contributed by atoms with van der Waals surface area (Å²) < 4.78 is 11.5. The second-order valence-electron chi connectivity index (χ2n) is 16.7. The third-order valence-electron chi connectivity index (χ3n) is 10.4. The number of amides is 2. The normalized spacial score (nSPS) is 26.5. The molecule has 1 aromatic heterocycles. The van der Waals surface area contributed by atoms with Crippen LogP contribution in [0.4, 0.5) is 9.59 Å². The molecule has 11 heteroatoms. The van der Waals surface area contributed by atoms with Gasteiger partial charge in [0.2, 0.25) is 0 Å². The molecule has 6 unspecified atom stereocenters. The fraction of sp³-hybridized carbons (Fsp3) is 0.537. The minimum atomic E-state index is -0.546. The minimum Gasteiger partial charge on any atom is -0.444 e. The van der Waals surface area contributed by atoms with Crippen LogP contribution in [0.15, 0.2) is 64.6 Å². The Morgan fingerprint density at radius 3 is 1.71 bits per heavy atom. The minimum absolute atomic E-state index is 0.0302. The lowest BCUT2D eigenvalue weighted by Crippen LogP contribution is -2.50. The largest absolute Gasteiger partial charge is 0.444 e. The first-order valence-corrected chi connectivity index (χ1v) is 18.8. The molecule has 0 bridgehead atoms. The lowest BCUT2D eigenvalue weighted by atomic mass is 10.0. The van der Waals surface area contributed by atoms with E-state index >= 15 is 0 Å². The summed E-state index contributed by atoms with van der Waals surface area (Å²) in [4.78, 5) is 44.9. The van der Waals surface area contributed by atoms with E-state index in [4.69, 9.17) is 24.4 Å². The summed E-state index contributed by atoms with van der Waals surface area (Å²) in [7, 11) is 0. The SMILES string of the molecule is CC1CCC(C2N=C(c3ccc(-c4ccc5nc(C6=NC(C7CCC(C)N7C(=O)OC(C)(C)C)NC6)ccc5c4)cc3)CN2)N1C(=O)OC(C)(C)C. The van der Waals surface area contributed by atoms with E-state index in [2.05, 4.69) is 73.0 Å². The Balaban J connectivity index is 1.02. The number of rotatable bonds is 5. The molecule has 4 aliphatic heterocycles. The average Bonchev–Trinajstić information content (AvgIpc) is 3.89. The molecule has 2 N–H and O–H groups in total. The van der Waals surface area contributed by atoms with Crippen LogP contribution < -0.4 is 10.6 Å². The molecule has 3 aromatic rings. The second kappa shape index (κ2) is 13.9. The lowest BCUT2D eigenvalue weighted by molar-refractivity contribution is 0.0122. The molecule has 0 aliphatic carbocycles. The number of aliphatic imine (C=N–C) groups is 2. The molecule has 2 amide bonds. The fourth-order valence-corrected chi connectivity index (χ4v) is 7.93. The molecule has 11 nitrogen and oxygen atoms in total. The molecule has 2 fully saturated rings. The number of nitrogens with zero attached hydrogens (tertiary/aromatic N) is 5. The van der Waals surface area contributed by atoms with E-state index in [1.807, 2.05) is 57.4 Å². The molecule has 5 heterocycles. The Hall–Kier alpha value is -4.35. The van der Waals surface area contributed by atoms with Crippen molar-refractivity contribution in [3.05, 3.63) is 65.9 Å². The highest BCUT2D eigenvalue weighted by Gasteiger charge is 2.44. The third kappa shape index (κ3) is 7.57. The number of hydrogen-bond acceptors (Lipinski definition) is 9. The van der Waals surface area contributed by atoms with Crippen molar-refractivity contribution in [2.75, 3.05) is 13.1 Å². The summed E-state index contributed by atoms with van der Waals surface area (Å²) in [6.45, 7) is 16.8. The summed E-state index contributed by atoms with van der Waals surface area (Å²) in [5, 5.41) is 8.13. The number of hydrogen-bond donors (Lipinski definition) is 2. The van der Waals surface area contributed by atoms with Gasteiger partial charge in [-0.25, -0.2) is 14.6 Å². The van der Waals surface area contributed by atoms with Crippen molar-refractivity contribution in [3.63, 3.8) is 0 Å². The summed E-state index contributed by atoms with van der Waals surface area (Å²) in [5.41, 5.74) is 5.89. The van der Waals surface area contributed by atoms with E-state index in [0.29, 0.717) is 13.1 Å². The summed E-state index contributed by atoms with van der Waals surface area (Å²) in [6.07, 6.45) is 2.75. The fourth-order valence-electron chi connectivity index (χ4n) is 7.93. The summed E-state index contributed by atoms with van der Waals surface area (Å²) >= 11 is 0. The predicted octanol–water partition coefficient (Wildman–Crippen LogP) is 6.91. The van der Waals surface area contributed by atoms with Gasteiger partial charge in [-0.05, 0) is 116 Å². The molecule has 6 atom stereocenters. The number of benzene rings is 2. The van der Waals surface area contributed by atoms with Crippen molar-refractivity contribution in [1.82, 2.24) is 25.4 Å². The first-order chi connectivity index (χ1) is 24.6. The molecule has 2 saturated heterocycles. The van der Waals surface area contributed by atoms with Gasteiger partial charge in [-0.2, -0.15) is 0 Å². The monoisotopic (exact) mass is 707 g/mol. The van der Waals surface area contributed by atoms with Crippen molar-refractivity contribution >= 4 is 34.5 Å². The summed E-state index contributed by atoms with van der Waals surface area (Å²) in [5.74, 6) is 0. The molecule has 0 radical (unpaired) electrons. The quantitative estimate of drug-likeness (QED) is 0.296. The molecule has 276 valence electrons. The lowest BCUT2D eigenvalue weighted by Gasteiger charge is -2.33. The van der Waals surface area contributed by atoms with Crippen LogP contribution in [-0.4, -0.2) is 99.2 Å². The van der Waals surface area contributed by atoms with Crippen molar-refractivity contribution in [1.29, 1.82) is 0 Å². The topological polar surface area (TPSA) is 121 Å². The zero-order chi connectivity index (χ0) is 36.9. The molecular formula is C41H53N7O4. The first-order valence-electron chi connectivity index (χ1n) is 18.8. The molecule has 0 saturated carbocycles. The van der Waals surface area contributed by atoms with Crippen molar-refractivity contribution in [2.24, 2.45) is 9.98 Å². The van der Waals surface area contributed by atoms with Crippen LogP contribution in [0, 0.1) is 0 Å². The van der Waals surface area contributed by atoms with Gasteiger partial charge >= 0.3 is 12.2 Å². The summed E-state index contributed by atoms with van der Waals surface area (Å²) in [6, 6.07) is 19.2. The van der Waals surface area contributed by atoms with E-state index in [1.54, 1.807) is 0 Å². The van der Waals surface area contributed by atoms with E-state index in [9.17, 15) is 9.59 Å². The molecule has 2 aromatic carbocycles. The van der Waals surface area contributed by atoms with Gasteiger partial charge in [-0.3, -0.25) is 30.4 Å². The highest BCUT2D eigenvalue weighted by Crippen LogP contribution is 2.32. The van der Waals surface area contributed by atoms with Crippen LogP contribution in [0.25, 0.3) is 22.0 Å². The van der Waals surface area contributed by atoms with Gasteiger partial charge in [0.05, 0.1) is 34.7 Å². The van der Waals surface area contributed by atoms with Crippen molar-refractivity contribution < 1.29 is 19.1 Å². The Morgan fingerprint density at radius 1 is 0.654 bits per heavy atom. The number of pyridine rings is 1. The van der Waals surface area contributed by atoms with Crippen LogP contribution >= 0.6 is 0 Å². The number of likely N-dealkylation sites (tertiary alicyclic amines) is 2. The van der Waals surface area contributed by atoms with Gasteiger partial charge < -0.3 is 9.47 Å². The number of fused-ring (bicyclic) bond motifs is 1. The number of aromatic nitrogens is 1. The van der Waals surface area contributed by atoms with E-state index in [1.165, 1.54) is 0 Å². The molecule has 7 rings (SSSR count). The average molecular weight is 708 g/mol. The smallest absolute Gasteiger partial charge is 0.410 e. The van der Waals surface area contributed by atoms with E-state index in [-0.39, 0.29) is 48.7 Å². The van der Waals surface area contributed by atoms with Crippen LogP contribution in [0.3, 0.4) is 0 Å². The Morgan fingerprint density at radius 2 is 1.15 bits per heavy atom. The van der Waals surface area contributed by atoms with E-state index in [0.717, 1.165) is 70.4 Å². The van der Waals surface area contributed by atoms with Crippen LogP contribution in [-0.2, 0) is 9.47 Å². The van der Waals surface area contributed by atoms with Crippen LogP contribution in [0.1, 0.15) is 92.3 Å². The van der Waals surface area contributed by atoms with Gasteiger partial charge in [0.15, 0.2) is 0 Å². The van der Waals surface area contributed by atoms with Crippen LogP contribution in [0.5, 0.6) is 0 Å².